The van der Waals surface area contributed by atoms with Gasteiger partial charge in [0.05, 0.1) is 17.4 Å². The van der Waals surface area contributed by atoms with Gasteiger partial charge in [-0.3, -0.25) is 14.9 Å². The number of nitrogens with one attached hydrogen (secondary N) is 1. The maximum absolute atomic E-state index is 11.9. The van der Waals surface area contributed by atoms with E-state index < -0.39 is 11.0 Å². The average molecular weight is 346 g/mol. The lowest BCUT2D eigenvalue weighted by Crippen LogP contribution is -2.29. The highest BCUT2D eigenvalue weighted by atomic mass is 32.2. The first-order valence-electron chi connectivity index (χ1n) is 7.31. The fourth-order valence-corrected chi connectivity index (χ4v) is 2.55. The van der Waals surface area contributed by atoms with Crippen LogP contribution in [0.25, 0.3) is 0 Å². The third kappa shape index (κ3) is 5.07. The summed E-state index contributed by atoms with van der Waals surface area (Å²) in [5.41, 5.74) is 1.41. The van der Waals surface area contributed by atoms with Gasteiger partial charge in [-0.15, -0.1) is 11.8 Å². The molecule has 0 bridgehead atoms. The van der Waals surface area contributed by atoms with E-state index >= 15 is 0 Å². The molecule has 7 heteroatoms. The van der Waals surface area contributed by atoms with Gasteiger partial charge in [0, 0.05) is 23.6 Å². The monoisotopic (exact) mass is 346 g/mol. The van der Waals surface area contributed by atoms with Gasteiger partial charge >= 0.3 is 0 Å². The van der Waals surface area contributed by atoms with Crippen LogP contribution in [0.3, 0.4) is 0 Å². The number of aliphatic hydroxyl groups is 1. The molecule has 0 aliphatic rings. The van der Waals surface area contributed by atoms with Gasteiger partial charge in [0.2, 0.25) is 5.91 Å². The van der Waals surface area contributed by atoms with Gasteiger partial charge in [-0.1, -0.05) is 24.3 Å². The molecule has 2 aromatic carbocycles. The topological polar surface area (TPSA) is 92.5 Å². The van der Waals surface area contributed by atoms with Gasteiger partial charge < -0.3 is 10.4 Å². The van der Waals surface area contributed by atoms with Crippen LogP contribution in [0.1, 0.15) is 17.2 Å². The van der Waals surface area contributed by atoms with E-state index in [0.29, 0.717) is 5.56 Å². The molecule has 0 aromatic heterocycles. The maximum atomic E-state index is 11.9. The zero-order valence-electron chi connectivity index (χ0n) is 13.1. The number of carbonyl (C=O) groups excluding carboxylic acids is 1. The minimum atomic E-state index is -0.776. The van der Waals surface area contributed by atoms with Crippen molar-refractivity contribution in [2.75, 3.05) is 12.8 Å². The lowest BCUT2D eigenvalue weighted by Gasteiger charge is -2.12. The number of hydrogen-bond acceptors (Lipinski definition) is 5. The van der Waals surface area contributed by atoms with Crippen LogP contribution in [0.5, 0.6) is 0 Å². The summed E-state index contributed by atoms with van der Waals surface area (Å²) in [6.07, 6.45) is 1.31. The van der Waals surface area contributed by atoms with Crippen molar-refractivity contribution in [3.05, 3.63) is 69.8 Å². The van der Waals surface area contributed by atoms with Gasteiger partial charge in [0.1, 0.15) is 0 Å². The Morgan fingerprint density at radius 1 is 1.21 bits per heavy atom. The van der Waals surface area contributed by atoms with Crippen molar-refractivity contribution in [1.29, 1.82) is 0 Å². The van der Waals surface area contributed by atoms with Crippen molar-refractivity contribution >= 4 is 23.4 Å². The number of amides is 1. The number of nitro groups is 1. The molecule has 0 heterocycles. The van der Waals surface area contributed by atoms with Gasteiger partial charge in [-0.25, -0.2) is 0 Å². The standard InChI is InChI=1S/C17H18N2O4S/c1-24-15-8-4-13(5-9-15)16(20)11-18-17(21)10-12-2-6-14(7-3-12)19(22)23/h2-9,16,20H,10-11H2,1H3,(H,18,21). The second-order valence-corrected chi connectivity index (χ2v) is 6.07. The molecule has 0 aliphatic carbocycles. The Bertz CT molecular complexity index is 702. The molecule has 2 aromatic rings. The first-order valence-corrected chi connectivity index (χ1v) is 8.54. The van der Waals surface area contributed by atoms with E-state index in [1.807, 2.05) is 30.5 Å². The first-order chi connectivity index (χ1) is 11.5. The van der Waals surface area contributed by atoms with Gasteiger partial charge in [0.15, 0.2) is 0 Å². The molecule has 1 amide bonds. The molecule has 0 aliphatic heterocycles. The molecule has 0 radical (unpaired) electrons. The summed E-state index contributed by atoms with van der Waals surface area (Å²) in [6.45, 7) is 0.116. The minimum Gasteiger partial charge on any atom is -0.387 e. The van der Waals surface area contributed by atoms with Crippen LogP contribution >= 0.6 is 11.8 Å². The smallest absolute Gasteiger partial charge is 0.269 e. The van der Waals surface area contributed by atoms with Gasteiger partial charge in [-0.2, -0.15) is 0 Å². The summed E-state index contributed by atoms with van der Waals surface area (Å²) in [6, 6.07) is 13.3. The molecule has 0 spiro atoms. The number of benzene rings is 2. The predicted molar refractivity (Wildman–Crippen MR) is 93.0 cm³/mol. The Balaban J connectivity index is 1.84. The van der Waals surface area contributed by atoms with E-state index in [2.05, 4.69) is 5.32 Å². The summed E-state index contributed by atoms with van der Waals surface area (Å²) < 4.78 is 0. The zero-order valence-corrected chi connectivity index (χ0v) is 14.0. The van der Waals surface area contributed by atoms with Crippen LogP contribution in [0.2, 0.25) is 0 Å². The van der Waals surface area contributed by atoms with E-state index in [-0.39, 0.29) is 24.6 Å². The summed E-state index contributed by atoms with van der Waals surface area (Å²) in [4.78, 5) is 23.1. The average Bonchev–Trinajstić information content (AvgIpc) is 2.60. The molecule has 0 fully saturated rings. The third-order valence-corrected chi connectivity index (χ3v) is 4.25. The Hall–Kier alpha value is -2.38. The van der Waals surface area contributed by atoms with Crippen LogP contribution in [-0.4, -0.2) is 28.7 Å². The minimum absolute atomic E-state index is 0.0109. The fraction of sp³-hybridized carbons (Fsp3) is 0.235. The number of non-ortho nitro benzene ring substituents is 1. The Labute approximate surface area is 144 Å². The van der Waals surface area contributed by atoms with Crippen molar-refractivity contribution in [3.8, 4) is 0 Å². The molecule has 0 saturated heterocycles. The zero-order chi connectivity index (χ0) is 17.5. The number of carbonyl (C=O) groups is 1. The molecule has 0 saturated carbocycles. The van der Waals surface area contributed by atoms with Crippen molar-refractivity contribution in [3.63, 3.8) is 0 Å². The lowest BCUT2D eigenvalue weighted by molar-refractivity contribution is -0.384. The quantitative estimate of drug-likeness (QED) is 0.457. The Kier molecular flexibility index (Phi) is 6.34. The lowest BCUT2D eigenvalue weighted by atomic mass is 10.1. The van der Waals surface area contributed by atoms with Crippen LogP contribution in [-0.2, 0) is 11.2 Å². The molecular formula is C17H18N2O4S. The Morgan fingerprint density at radius 3 is 2.38 bits per heavy atom. The molecule has 6 nitrogen and oxygen atoms in total. The van der Waals surface area contributed by atoms with Crippen molar-refractivity contribution < 1.29 is 14.8 Å². The normalized spacial score (nSPS) is 11.8. The number of thioether (sulfide) groups is 1. The van der Waals surface area contributed by atoms with Crippen LogP contribution in [0, 0.1) is 10.1 Å². The molecule has 1 unspecified atom stereocenters. The van der Waals surface area contributed by atoms with E-state index in [1.54, 1.807) is 23.9 Å². The number of nitrogens with zero attached hydrogens (tertiary/aromatic N) is 1. The third-order valence-electron chi connectivity index (χ3n) is 3.50. The molecule has 2 rings (SSSR count). The first kappa shape index (κ1) is 18.0. The van der Waals surface area contributed by atoms with Crippen LogP contribution < -0.4 is 5.32 Å². The molecule has 1 atom stereocenters. The Morgan fingerprint density at radius 2 is 1.83 bits per heavy atom. The second-order valence-electron chi connectivity index (χ2n) is 5.19. The highest BCUT2D eigenvalue weighted by Crippen LogP contribution is 2.18. The highest BCUT2D eigenvalue weighted by Gasteiger charge is 2.11. The van der Waals surface area contributed by atoms with E-state index in [4.69, 9.17) is 0 Å². The van der Waals surface area contributed by atoms with Crippen molar-refractivity contribution in [2.24, 2.45) is 0 Å². The fourth-order valence-electron chi connectivity index (χ4n) is 2.14. The van der Waals surface area contributed by atoms with Gasteiger partial charge in [-0.05, 0) is 29.5 Å². The molecule has 126 valence electrons. The SMILES string of the molecule is CSc1ccc(C(O)CNC(=O)Cc2ccc([N+](=O)[O-])cc2)cc1. The maximum Gasteiger partial charge on any atom is 0.269 e. The number of rotatable bonds is 7. The van der Waals surface area contributed by atoms with E-state index in [9.17, 15) is 20.0 Å². The van der Waals surface area contributed by atoms with Crippen LogP contribution in [0.4, 0.5) is 5.69 Å². The second kappa shape index (κ2) is 8.47. The molecule has 2 N–H and O–H groups in total. The number of hydrogen-bond donors (Lipinski definition) is 2. The number of aliphatic hydroxyl groups excluding tert-OH is 1. The molecular weight excluding hydrogens is 328 g/mol. The number of nitro benzene ring substituents is 1. The predicted octanol–water partition coefficient (Wildman–Crippen LogP) is 2.71. The molecule has 24 heavy (non-hydrogen) atoms. The summed E-state index contributed by atoms with van der Waals surface area (Å²) in [7, 11) is 0. The summed E-state index contributed by atoms with van der Waals surface area (Å²) in [5, 5.41) is 23.4. The van der Waals surface area contributed by atoms with E-state index in [1.165, 1.54) is 12.1 Å². The largest absolute Gasteiger partial charge is 0.387 e. The van der Waals surface area contributed by atoms with Crippen molar-refractivity contribution in [2.45, 2.75) is 17.4 Å². The van der Waals surface area contributed by atoms with Gasteiger partial charge in [0.25, 0.3) is 5.69 Å². The summed E-state index contributed by atoms with van der Waals surface area (Å²) in [5.74, 6) is -0.247. The van der Waals surface area contributed by atoms with Crippen LogP contribution in [0.15, 0.2) is 53.4 Å². The summed E-state index contributed by atoms with van der Waals surface area (Å²) >= 11 is 1.62. The van der Waals surface area contributed by atoms with Crippen molar-refractivity contribution in [1.82, 2.24) is 5.32 Å². The van der Waals surface area contributed by atoms with E-state index in [0.717, 1.165) is 10.5 Å². The highest BCUT2D eigenvalue weighted by molar-refractivity contribution is 7.98.